The highest BCUT2D eigenvalue weighted by Crippen LogP contribution is 2.39. The Hall–Kier alpha value is -2.40. The molecule has 21 heavy (non-hydrogen) atoms. The van der Waals surface area contributed by atoms with E-state index in [0.717, 1.165) is 0 Å². The number of ether oxygens (including phenoxy) is 1. The molecule has 1 amide bonds. The summed E-state index contributed by atoms with van der Waals surface area (Å²) in [6, 6.07) is 12.3. The Morgan fingerprint density at radius 2 is 1.71 bits per heavy atom. The Balaban J connectivity index is 1.92. The highest BCUT2D eigenvalue weighted by atomic mass is 19.1. The third kappa shape index (κ3) is 2.25. The van der Waals surface area contributed by atoms with Crippen LogP contribution in [0.5, 0.6) is 5.75 Å². The van der Waals surface area contributed by atoms with Gasteiger partial charge in [-0.2, -0.15) is 0 Å². The maximum absolute atomic E-state index is 13.0. The topological polar surface area (TPSA) is 49.8 Å². The van der Waals surface area contributed by atoms with Gasteiger partial charge in [0, 0.05) is 5.69 Å². The van der Waals surface area contributed by atoms with Gasteiger partial charge in [-0.25, -0.2) is 4.39 Å². The molecule has 1 N–H and O–H groups in total. The van der Waals surface area contributed by atoms with E-state index in [9.17, 15) is 14.3 Å². The number of amides is 1. The van der Waals surface area contributed by atoms with Gasteiger partial charge in [0.25, 0.3) is 5.91 Å². The number of anilines is 1. The van der Waals surface area contributed by atoms with Crippen molar-refractivity contribution in [2.24, 2.45) is 0 Å². The van der Waals surface area contributed by atoms with Crippen molar-refractivity contribution >= 4 is 11.6 Å². The number of carbonyl (C=O) groups is 1. The highest BCUT2D eigenvalue weighted by Gasteiger charge is 2.47. The molecule has 0 bridgehead atoms. The van der Waals surface area contributed by atoms with Crippen molar-refractivity contribution in [1.82, 2.24) is 0 Å². The molecule has 4 nitrogen and oxygen atoms in total. The second-order valence-electron chi connectivity index (χ2n) is 4.85. The number of aliphatic hydroxyl groups is 1. The maximum Gasteiger partial charge on any atom is 0.259 e. The van der Waals surface area contributed by atoms with Crippen LogP contribution in [0, 0.1) is 5.82 Å². The molecule has 1 aliphatic heterocycles. The summed E-state index contributed by atoms with van der Waals surface area (Å²) in [5.74, 6) is -0.0324. The van der Waals surface area contributed by atoms with E-state index in [0.29, 0.717) is 17.0 Å². The fourth-order valence-corrected chi connectivity index (χ4v) is 2.50. The largest absolute Gasteiger partial charge is 0.497 e. The number of halogens is 1. The second-order valence-corrected chi connectivity index (χ2v) is 4.85. The molecule has 2 aromatic carbocycles. The number of rotatable bonds is 3. The van der Waals surface area contributed by atoms with Gasteiger partial charge in [0.15, 0.2) is 6.10 Å². The molecule has 3 rings (SSSR count). The molecule has 1 fully saturated rings. The van der Waals surface area contributed by atoms with E-state index in [1.54, 1.807) is 43.5 Å². The molecule has 1 heterocycles. The average Bonchev–Trinajstić information content (AvgIpc) is 2.53. The summed E-state index contributed by atoms with van der Waals surface area (Å²) in [5.41, 5.74) is 1.36. The zero-order valence-electron chi connectivity index (χ0n) is 11.4. The molecule has 0 aromatic heterocycles. The minimum Gasteiger partial charge on any atom is -0.497 e. The first-order valence-corrected chi connectivity index (χ1v) is 6.52. The molecule has 0 aliphatic carbocycles. The lowest BCUT2D eigenvalue weighted by Crippen LogP contribution is -2.59. The Morgan fingerprint density at radius 1 is 1.10 bits per heavy atom. The molecule has 2 aromatic rings. The Morgan fingerprint density at radius 3 is 2.29 bits per heavy atom. The first-order chi connectivity index (χ1) is 10.1. The summed E-state index contributed by atoms with van der Waals surface area (Å²) in [7, 11) is 1.56. The third-order valence-electron chi connectivity index (χ3n) is 3.63. The number of β-lactam (4-membered cyclic amide) rings is 1. The van der Waals surface area contributed by atoms with Crippen LogP contribution >= 0.6 is 0 Å². The molecule has 2 atom stereocenters. The number of carbonyl (C=O) groups excluding carboxylic acids is 1. The molecular formula is C16H14FNO3. The summed E-state index contributed by atoms with van der Waals surface area (Å²) < 4.78 is 18.1. The van der Waals surface area contributed by atoms with Crippen LogP contribution < -0.4 is 9.64 Å². The SMILES string of the molecule is COc1ccc(N2C(=O)C(O)C2c2ccc(F)cc2)cc1. The molecule has 1 aliphatic rings. The first kappa shape index (κ1) is 13.6. The van der Waals surface area contributed by atoms with Crippen LogP contribution in [0.25, 0.3) is 0 Å². The number of hydrogen-bond acceptors (Lipinski definition) is 3. The normalized spacial score (nSPS) is 21.1. The van der Waals surface area contributed by atoms with Gasteiger partial charge < -0.3 is 9.84 Å². The van der Waals surface area contributed by atoms with Gasteiger partial charge in [-0.05, 0) is 42.0 Å². The van der Waals surface area contributed by atoms with Gasteiger partial charge in [0.05, 0.1) is 13.2 Å². The fourth-order valence-electron chi connectivity index (χ4n) is 2.50. The fraction of sp³-hybridized carbons (Fsp3) is 0.188. The summed E-state index contributed by atoms with van der Waals surface area (Å²) in [5, 5.41) is 9.92. The Kier molecular flexibility index (Phi) is 3.35. The predicted molar refractivity (Wildman–Crippen MR) is 75.6 cm³/mol. The van der Waals surface area contributed by atoms with Crippen molar-refractivity contribution < 1.29 is 19.0 Å². The standard InChI is InChI=1S/C16H14FNO3/c1-21-13-8-6-12(7-9-13)18-14(15(19)16(18)20)10-2-4-11(17)5-3-10/h2-9,14-15,19H,1H3. The van der Waals surface area contributed by atoms with Crippen LogP contribution in [0.4, 0.5) is 10.1 Å². The van der Waals surface area contributed by atoms with Gasteiger partial charge in [0.2, 0.25) is 0 Å². The predicted octanol–water partition coefficient (Wildman–Crippen LogP) is 2.28. The van der Waals surface area contributed by atoms with Crippen LogP contribution in [0.2, 0.25) is 0 Å². The smallest absolute Gasteiger partial charge is 0.259 e. The van der Waals surface area contributed by atoms with Crippen molar-refractivity contribution in [3.05, 3.63) is 59.9 Å². The van der Waals surface area contributed by atoms with Crippen molar-refractivity contribution in [1.29, 1.82) is 0 Å². The summed E-state index contributed by atoms with van der Waals surface area (Å²) in [6.07, 6.45) is -1.10. The number of methoxy groups -OCH3 is 1. The minimum atomic E-state index is -1.10. The minimum absolute atomic E-state index is 0.352. The zero-order valence-corrected chi connectivity index (χ0v) is 11.4. The Labute approximate surface area is 121 Å². The number of nitrogens with zero attached hydrogens (tertiary/aromatic N) is 1. The van der Waals surface area contributed by atoms with Crippen LogP contribution in [-0.4, -0.2) is 24.2 Å². The van der Waals surface area contributed by atoms with E-state index >= 15 is 0 Å². The van der Waals surface area contributed by atoms with Crippen LogP contribution in [0.3, 0.4) is 0 Å². The van der Waals surface area contributed by atoms with E-state index in [4.69, 9.17) is 4.74 Å². The summed E-state index contributed by atoms with van der Waals surface area (Å²) in [6.45, 7) is 0. The molecule has 0 spiro atoms. The Bertz CT molecular complexity index is 654. The first-order valence-electron chi connectivity index (χ1n) is 6.52. The third-order valence-corrected chi connectivity index (χ3v) is 3.63. The van der Waals surface area contributed by atoms with Crippen molar-refractivity contribution in [2.45, 2.75) is 12.1 Å². The van der Waals surface area contributed by atoms with Gasteiger partial charge in [-0.3, -0.25) is 9.69 Å². The second kappa shape index (κ2) is 5.18. The molecule has 0 radical (unpaired) electrons. The van der Waals surface area contributed by atoms with Gasteiger partial charge >= 0.3 is 0 Å². The van der Waals surface area contributed by atoms with Crippen LogP contribution in [-0.2, 0) is 4.79 Å². The van der Waals surface area contributed by atoms with E-state index < -0.39 is 12.1 Å². The van der Waals surface area contributed by atoms with E-state index in [2.05, 4.69) is 0 Å². The molecule has 5 heteroatoms. The van der Waals surface area contributed by atoms with Gasteiger partial charge in [-0.15, -0.1) is 0 Å². The number of hydrogen-bond donors (Lipinski definition) is 1. The van der Waals surface area contributed by atoms with E-state index in [-0.39, 0.29) is 11.7 Å². The monoisotopic (exact) mass is 287 g/mol. The van der Waals surface area contributed by atoms with Gasteiger partial charge in [-0.1, -0.05) is 12.1 Å². The quantitative estimate of drug-likeness (QED) is 0.881. The van der Waals surface area contributed by atoms with Crippen LogP contribution in [0.15, 0.2) is 48.5 Å². The average molecular weight is 287 g/mol. The summed E-state index contributed by atoms with van der Waals surface area (Å²) >= 11 is 0. The molecule has 0 saturated carbocycles. The van der Waals surface area contributed by atoms with Crippen molar-refractivity contribution in [3.63, 3.8) is 0 Å². The van der Waals surface area contributed by atoms with Gasteiger partial charge in [0.1, 0.15) is 11.6 Å². The lowest BCUT2D eigenvalue weighted by molar-refractivity contribution is -0.137. The van der Waals surface area contributed by atoms with Crippen molar-refractivity contribution in [3.8, 4) is 5.75 Å². The van der Waals surface area contributed by atoms with Crippen molar-refractivity contribution in [2.75, 3.05) is 12.0 Å². The highest BCUT2D eigenvalue weighted by molar-refractivity contribution is 6.04. The zero-order chi connectivity index (χ0) is 15.0. The number of benzene rings is 2. The molecular weight excluding hydrogens is 273 g/mol. The molecule has 108 valence electrons. The maximum atomic E-state index is 13.0. The van der Waals surface area contributed by atoms with E-state index in [1.807, 2.05) is 0 Å². The number of aliphatic hydroxyl groups excluding tert-OH is 1. The van der Waals surface area contributed by atoms with E-state index in [1.165, 1.54) is 17.0 Å². The van der Waals surface area contributed by atoms with Crippen LogP contribution in [0.1, 0.15) is 11.6 Å². The molecule has 2 unspecified atom stereocenters. The lowest BCUT2D eigenvalue weighted by atomic mass is 9.90. The lowest BCUT2D eigenvalue weighted by Gasteiger charge is -2.44. The molecule has 1 saturated heterocycles. The summed E-state index contributed by atoms with van der Waals surface area (Å²) in [4.78, 5) is 13.4.